The van der Waals surface area contributed by atoms with E-state index in [1.807, 2.05) is 61.7 Å². The first kappa shape index (κ1) is 29.6. The molecule has 0 amide bonds. The monoisotopic (exact) mass is 981 g/mol. The minimum Gasteiger partial charge on any atom is -0.510 e. The van der Waals surface area contributed by atoms with Gasteiger partial charge in [0.05, 0.1) is 30.4 Å². The van der Waals surface area contributed by atoms with Crippen LogP contribution in [0.2, 0.25) is 0 Å². The summed E-state index contributed by atoms with van der Waals surface area (Å²) in [7, 11) is 0. The number of ether oxygens (including phenoxy) is 1. The first-order valence-corrected chi connectivity index (χ1v) is 19.8. The van der Waals surface area contributed by atoms with Crippen LogP contribution in [0.3, 0.4) is 0 Å². The molecular formula is C55H44N4OPt-2. The maximum absolute atomic E-state index is 9.04. The third-order valence-corrected chi connectivity index (χ3v) is 10.9. The van der Waals surface area contributed by atoms with Crippen molar-refractivity contribution in [2.24, 2.45) is 0 Å². The number of hydrogen-bond acceptors (Lipinski definition) is 2. The third-order valence-electron chi connectivity index (χ3n) is 10.9. The minimum absolute atomic E-state index is 0. The zero-order valence-electron chi connectivity index (χ0n) is 44.0. The summed E-state index contributed by atoms with van der Waals surface area (Å²) in [5, 5.41) is 2.07. The molecular weight excluding hydrogens is 928 g/mol. The SMILES string of the molecule is [2H]c1c([2H])c([2H])c(-c2cccc(-c3c([2H])c([2H])c([2H])c([2H])c3[2H])c2-[n+]2[c-]n(-c3[c-]c(Oc4[c-]c5c(cc4)c4cc(C(C)(C)C)ccc4n5-c4cc(CC)ccn4)ccc3)c3cccc(C)c32)c([2H])c1[2H].[Pt]. The van der Waals surface area contributed by atoms with Gasteiger partial charge in [0.25, 0.3) is 6.33 Å². The van der Waals surface area contributed by atoms with E-state index >= 15 is 0 Å². The van der Waals surface area contributed by atoms with E-state index in [1.54, 1.807) is 33.4 Å². The molecule has 0 radical (unpaired) electrons. The van der Waals surface area contributed by atoms with Gasteiger partial charge in [0.2, 0.25) is 0 Å². The third kappa shape index (κ3) is 7.28. The van der Waals surface area contributed by atoms with Gasteiger partial charge in [-0.25, -0.2) is 4.98 Å². The Bertz CT molecular complexity index is 3680. The fourth-order valence-corrected chi connectivity index (χ4v) is 7.86. The van der Waals surface area contributed by atoms with Crippen molar-refractivity contribution in [3.05, 3.63) is 199 Å². The second kappa shape index (κ2) is 16.1. The number of pyridine rings is 1. The number of nitrogens with zero attached hydrogens (tertiary/aromatic N) is 4. The molecule has 302 valence electrons. The summed E-state index contributed by atoms with van der Waals surface area (Å²) in [6.45, 7) is 10.6. The summed E-state index contributed by atoms with van der Waals surface area (Å²) in [5.74, 6) is 1.58. The predicted octanol–water partition coefficient (Wildman–Crippen LogP) is 13.1. The molecule has 3 heterocycles. The fraction of sp³-hybridized carbons (Fsp3) is 0.127. The summed E-state index contributed by atoms with van der Waals surface area (Å²) in [6.07, 6.45) is 6.12. The van der Waals surface area contributed by atoms with Gasteiger partial charge >= 0.3 is 0 Å². The van der Waals surface area contributed by atoms with Gasteiger partial charge in [0, 0.05) is 44.3 Å². The van der Waals surface area contributed by atoms with Crippen LogP contribution < -0.4 is 9.30 Å². The van der Waals surface area contributed by atoms with E-state index in [9.17, 15) is 0 Å². The molecule has 0 N–H and O–H groups in total. The van der Waals surface area contributed by atoms with E-state index < -0.39 is 60.4 Å². The molecule has 0 fully saturated rings. The van der Waals surface area contributed by atoms with Crippen LogP contribution >= 0.6 is 0 Å². The van der Waals surface area contributed by atoms with Gasteiger partial charge in [-0.2, -0.15) is 18.2 Å². The van der Waals surface area contributed by atoms with Crippen molar-refractivity contribution in [2.75, 3.05) is 0 Å². The van der Waals surface area contributed by atoms with Crippen molar-refractivity contribution in [1.82, 2.24) is 14.1 Å². The number of aromatic nitrogens is 4. The van der Waals surface area contributed by atoms with Crippen LogP contribution in [-0.4, -0.2) is 14.1 Å². The van der Waals surface area contributed by atoms with Crippen molar-refractivity contribution in [2.45, 2.75) is 46.5 Å². The van der Waals surface area contributed by atoms with Gasteiger partial charge in [0.15, 0.2) is 0 Å². The van der Waals surface area contributed by atoms with E-state index in [1.165, 1.54) is 5.56 Å². The first-order valence-electron chi connectivity index (χ1n) is 24.8. The van der Waals surface area contributed by atoms with Crippen LogP contribution in [0.15, 0.2) is 164 Å². The van der Waals surface area contributed by atoms with Gasteiger partial charge < -0.3 is 13.9 Å². The number of benzene rings is 7. The number of aryl methyl sites for hydroxylation is 2. The predicted molar refractivity (Wildman–Crippen MR) is 244 cm³/mol. The van der Waals surface area contributed by atoms with E-state index in [4.69, 9.17) is 23.4 Å². The molecule has 10 aromatic rings. The minimum atomic E-state index is -0.570. The number of para-hydroxylation sites is 2. The van der Waals surface area contributed by atoms with Crippen LogP contribution in [0.1, 0.15) is 58.1 Å². The van der Waals surface area contributed by atoms with Crippen molar-refractivity contribution < 1.29 is 44.1 Å². The molecule has 0 aliphatic rings. The molecule has 3 aromatic heterocycles. The normalized spacial score (nSPS) is 13.9. The Labute approximate surface area is 385 Å². The average Bonchev–Trinajstić information content (AvgIpc) is 3.90. The second-order valence-corrected chi connectivity index (χ2v) is 15.7. The summed E-state index contributed by atoms with van der Waals surface area (Å²) in [6, 6.07) is 32.2. The Morgan fingerprint density at radius 2 is 1.41 bits per heavy atom. The molecule has 10 rings (SSSR count). The molecule has 0 bridgehead atoms. The van der Waals surface area contributed by atoms with Crippen LogP contribution in [0.4, 0.5) is 0 Å². The molecule has 5 nitrogen and oxygen atoms in total. The van der Waals surface area contributed by atoms with Crippen molar-refractivity contribution in [3.63, 3.8) is 0 Å². The molecule has 0 spiro atoms. The molecule has 0 aliphatic heterocycles. The molecule has 0 saturated heterocycles. The van der Waals surface area contributed by atoms with Crippen molar-refractivity contribution in [1.29, 1.82) is 0 Å². The maximum Gasteiger partial charge on any atom is 0.268 e. The number of fused-ring (bicyclic) bond motifs is 4. The summed E-state index contributed by atoms with van der Waals surface area (Å²) < 4.78 is 99.3. The van der Waals surface area contributed by atoms with E-state index in [0.717, 1.165) is 45.2 Å². The maximum atomic E-state index is 9.04. The topological polar surface area (TPSA) is 35.9 Å². The fourth-order valence-electron chi connectivity index (χ4n) is 7.86. The van der Waals surface area contributed by atoms with Gasteiger partial charge in [-0.05, 0) is 87.0 Å². The summed E-state index contributed by atoms with van der Waals surface area (Å²) >= 11 is 0. The molecule has 6 heteroatoms. The van der Waals surface area contributed by atoms with E-state index in [2.05, 4.69) is 75.0 Å². The Balaban J connectivity index is 0.00000624. The van der Waals surface area contributed by atoms with E-state index in [-0.39, 0.29) is 54.4 Å². The van der Waals surface area contributed by atoms with Crippen molar-refractivity contribution in [3.8, 4) is 50.9 Å². The smallest absolute Gasteiger partial charge is 0.268 e. The summed E-state index contributed by atoms with van der Waals surface area (Å²) in [5.41, 5.74) is 6.76. The molecule has 0 atom stereocenters. The van der Waals surface area contributed by atoms with Crippen LogP contribution in [0, 0.1) is 25.4 Å². The van der Waals surface area contributed by atoms with Gasteiger partial charge in [-0.15, -0.1) is 29.7 Å². The van der Waals surface area contributed by atoms with E-state index in [0.29, 0.717) is 28.2 Å². The molecule has 61 heavy (non-hydrogen) atoms. The van der Waals surface area contributed by atoms with Crippen LogP contribution in [0.5, 0.6) is 11.5 Å². The second-order valence-electron chi connectivity index (χ2n) is 15.7. The molecule has 0 unspecified atom stereocenters. The quantitative estimate of drug-likeness (QED) is 0.112. The first-order chi connectivity index (χ1) is 33.4. The number of imidazole rings is 1. The Hall–Kier alpha value is -6.55. The average molecular weight is 982 g/mol. The summed E-state index contributed by atoms with van der Waals surface area (Å²) in [4.78, 5) is 4.80. The standard InChI is InChI=1S/C55H44N4O.Pt/c1-6-38-30-31-56-52(32-38)59-49-29-26-41(55(3,4)5)33-48(49)47-28-27-44(35-51(47)59)60-43-22-14-21-42(34-43)57-36-58(53-37(2)16-13-25-50(53)57)54-45(39-17-9-7-10-18-39)23-15-24-46(54)40-19-11-8-12-20-40;/h7-33H,6H2,1-5H3;/q-2;/i7D,8D,9D,10D,11D,12D,17D,18D,19D,20D;. The van der Waals surface area contributed by atoms with Crippen molar-refractivity contribution >= 4 is 32.8 Å². The van der Waals surface area contributed by atoms with Gasteiger partial charge in [0.1, 0.15) is 5.82 Å². The largest absolute Gasteiger partial charge is 0.510 e. The Morgan fingerprint density at radius 3 is 2.11 bits per heavy atom. The van der Waals surface area contributed by atoms with Crippen LogP contribution in [-0.2, 0) is 32.9 Å². The zero-order chi connectivity index (χ0) is 49.7. The Kier molecular flexibility index (Phi) is 7.84. The molecule has 0 aliphatic carbocycles. The van der Waals surface area contributed by atoms with Gasteiger partial charge in [-0.3, -0.25) is 4.57 Å². The number of rotatable bonds is 8. The van der Waals surface area contributed by atoms with Crippen LogP contribution in [0.25, 0.3) is 72.3 Å². The molecule has 0 saturated carbocycles. The zero-order valence-corrected chi connectivity index (χ0v) is 36.3. The van der Waals surface area contributed by atoms with Gasteiger partial charge in [-0.1, -0.05) is 142 Å². The number of hydrogen-bond donors (Lipinski definition) is 0. The Morgan fingerprint density at radius 1 is 0.721 bits per heavy atom. The molecule has 7 aromatic carbocycles.